The highest BCUT2D eigenvalue weighted by Gasteiger charge is 2.20. The lowest BCUT2D eigenvalue weighted by Gasteiger charge is -2.26. The maximum Gasteiger partial charge on any atom is 0.270 e. The predicted octanol–water partition coefficient (Wildman–Crippen LogP) is 4.04. The highest BCUT2D eigenvalue weighted by molar-refractivity contribution is 7.98. The van der Waals surface area contributed by atoms with Crippen LogP contribution in [0.1, 0.15) is 27.5 Å². The monoisotopic (exact) mass is 524 g/mol. The van der Waals surface area contributed by atoms with Crippen molar-refractivity contribution in [3.05, 3.63) is 64.3 Å². The van der Waals surface area contributed by atoms with Gasteiger partial charge < -0.3 is 14.5 Å². The summed E-state index contributed by atoms with van der Waals surface area (Å²) in [6.07, 6.45) is 2.54. The van der Waals surface area contributed by atoms with Crippen molar-refractivity contribution in [3.63, 3.8) is 0 Å². The largest absolute Gasteiger partial charge is 0.461 e. The molecule has 1 aliphatic heterocycles. The molecule has 1 amide bonds. The number of rotatable bonds is 10. The molecule has 1 aromatic carbocycles. The van der Waals surface area contributed by atoms with Crippen LogP contribution in [-0.4, -0.2) is 69.9 Å². The zero-order valence-corrected chi connectivity index (χ0v) is 21.7. The number of thioether (sulfide) groups is 1. The standard InChI is InChI=1S/C25H28N6O3S2/c1-18-6-2-3-7-20(18)31-23(21-8-4-13-34-21)28-29-25(31)36-17-22-27-19(16-35-22)24(32)26-9-5-10-30-11-14-33-15-12-30/h2-4,6-8,13,16H,5,9-12,14-15,17H2,1H3,(H,26,32). The Morgan fingerprint density at radius 2 is 2.03 bits per heavy atom. The molecule has 1 N–H and O–H groups in total. The minimum Gasteiger partial charge on any atom is -0.461 e. The van der Waals surface area contributed by atoms with Gasteiger partial charge in [0, 0.05) is 25.0 Å². The second-order valence-corrected chi connectivity index (χ2v) is 10.3. The van der Waals surface area contributed by atoms with E-state index in [0.29, 0.717) is 29.6 Å². The first kappa shape index (κ1) is 24.7. The Bertz CT molecular complexity index is 1280. The van der Waals surface area contributed by atoms with Gasteiger partial charge >= 0.3 is 0 Å². The summed E-state index contributed by atoms with van der Waals surface area (Å²) in [7, 11) is 0. The van der Waals surface area contributed by atoms with Crippen LogP contribution in [0.5, 0.6) is 0 Å². The molecular weight excluding hydrogens is 496 g/mol. The minimum atomic E-state index is -0.132. The van der Waals surface area contributed by atoms with Crippen molar-refractivity contribution in [1.29, 1.82) is 0 Å². The number of nitrogens with zero attached hydrogens (tertiary/aromatic N) is 5. The highest BCUT2D eigenvalue weighted by Crippen LogP contribution is 2.31. The molecule has 0 aliphatic carbocycles. The number of aromatic nitrogens is 4. The lowest BCUT2D eigenvalue weighted by molar-refractivity contribution is 0.0374. The summed E-state index contributed by atoms with van der Waals surface area (Å²) >= 11 is 3.01. The van der Waals surface area contributed by atoms with Crippen molar-refractivity contribution >= 4 is 29.0 Å². The summed E-state index contributed by atoms with van der Waals surface area (Å²) in [6.45, 7) is 7.15. The molecule has 0 spiro atoms. The number of carbonyl (C=O) groups excluding carboxylic acids is 1. The van der Waals surface area contributed by atoms with E-state index >= 15 is 0 Å². The molecule has 0 unspecified atom stereocenters. The number of amides is 1. The van der Waals surface area contributed by atoms with Gasteiger partial charge in [0.05, 0.1) is 30.9 Å². The molecule has 11 heteroatoms. The van der Waals surface area contributed by atoms with Crippen LogP contribution in [0.15, 0.2) is 57.6 Å². The third-order valence-corrected chi connectivity index (χ3v) is 7.85. The molecule has 0 radical (unpaired) electrons. The van der Waals surface area contributed by atoms with Crippen molar-refractivity contribution in [2.45, 2.75) is 24.3 Å². The minimum absolute atomic E-state index is 0.132. The number of morpholine rings is 1. The third-order valence-electron chi connectivity index (χ3n) is 5.88. The number of hydrogen-bond donors (Lipinski definition) is 1. The summed E-state index contributed by atoms with van der Waals surface area (Å²) in [5.41, 5.74) is 2.56. The molecule has 0 saturated carbocycles. The average molecular weight is 525 g/mol. The Hall–Kier alpha value is -2.99. The molecule has 4 heterocycles. The molecule has 1 aliphatic rings. The lowest BCUT2D eigenvalue weighted by atomic mass is 10.2. The van der Waals surface area contributed by atoms with Gasteiger partial charge in [-0.2, -0.15) is 0 Å². The van der Waals surface area contributed by atoms with Gasteiger partial charge in [0.1, 0.15) is 10.7 Å². The van der Waals surface area contributed by atoms with E-state index in [4.69, 9.17) is 9.15 Å². The van der Waals surface area contributed by atoms with Crippen molar-refractivity contribution < 1.29 is 13.9 Å². The number of para-hydroxylation sites is 1. The fourth-order valence-electron chi connectivity index (χ4n) is 3.99. The molecule has 0 bridgehead atoms. The third kappa shape index (κ3) is 5.86. The van der Waals surface area contributed by atoms with Crippen LogP contribution >= 0.6 is 23.1 Å². The van der Waals surface area contributed by atoms with Crippen molar-refractivity contribution in [2.75, 3.05) is 39.4 Å². The molecule has 188 valence electrons. The fourth-order valence-corrected chi connectivity index (χ4v) is 5.72. The van der Waals surface area contributed by atoms with E-state index in [9.17, 15) is 4.79 Å². The van der Waals surface area contributed by atoms with Crippen molar-refractivity contribution in [2.24, 2.45) is 0 Å². The average Bonchev–Trinajstić information content (AvgIpc) is 3.67. The Labute approximate surface area is 217 Å². The van der Waals surface area contributed by atoms with Crippen LogP contribution in [-0.2, 0) is 10.5 Å². The molecule has 9 nitrogen and oxygen atoms in total. The number of nitrogens with one attached hydrogen (secondary N) is 1. The SMILES string of the molecule is Cc1ccccc1-n1c(SCc2nc(C(=O)NCCCN3CCOCC3)cs2)nnc1-c1ccco1. The molecule has 3 aromatic heterocycles. The quantitative estimate of drug-likeness (QED) is 0.245. The Kier molecular flexibility index (Phi) is 8.11. The van der Waals surface area contributed by atoms with Crippen LogP contribution in [0, 0.1) is 6.92 Å². The normalized spacial score (nSPS) is 14.2. The van der Waals surface area contributed by atoms with Gasteiger partial charge in [-0.05, 0) is 43.7 Å². The van der Waals surface area contributed by atoms with Gasteiger partial charge in [-0.3, -0.25) is 14.3 Å². The number of ether oxygens (including phenoxy) is 1. The maximum atomic E-state index is 12.6. The van der Waals surface area contributed by atoms with Crippen molar-refractivity contribution in [3.8, 4) is 17.3 Å². The van der Waals surface area contributed by atoms with Crippen LogP contribution < -0.4 is 5.32 Å². The number of hydrogen-bond acceptors (Lipinski definition) is 9. The Morgan fingerprint density at radius 1 is 1.17 bits per heavy atom. The van der Waals surface area contributed by atoms with E-state index in [-0.39, 0.29) is 5.91 Å². The Morgan fingerprint density at radius 3 is 2.83 bits per heavy atom. The fraction of sp³-hybridized carbons (Fsp3) is 0.360. The molecule has 0 atom stereocenters. The summed E-state index contributed by atoms with van der Waals surface area (Å²) < 4.78 is 13.0. The second-order valence-electron chi connectivity index (χ2n) is 8.38. The van der Waals surface area contributed by atoms with E-state index in [0.717, 1.165) is 60.7 Å². The summed E-state index contributed by atoms with van der Waals surface area (Å²) in [6, 6.07) is 11.8. The first-order valence-electron chi connectivity index (χ1n) is 11.9. The van der Waals surface area contributed by atoms with Crippen LogP contribution in [0.25, 0.3) is 17.3 Å². The predicted molar refractivity (Wildman–Crippen MR) is 140 cm³/mol. The van der Waals surface area contributed by atoms with Gasteiger partial charge in [-0.15, -0.1) is 21.5 Å². The van der Waals surface area contributed by atoms with Crippen molar-refractivity contribution in [1.82, 2.24) is 30.0 Å². The van der Waals surface area contributed by atoms with E-state index in [1.165, 1.54) is 23.1 Å². The van der Waals surface area contributed by atoms with Gasteiger partial charge in [0.15, 0.2) is 10.9 Å². The molecule has 5 rings (SSSR count). The molecule has 36 heavy (non-hydrogen) atoms. The highest BCUT2D eigenvalue weighted by atomic mass is 32.2. The number of carbonyl (C=O) groups is 1. The summed E-state index contributed by atoms with van der Waals surface area (Å²) in [5.74, 6) is 1.75. The van der Waals surface area contributed by atoms with E-state index in [2.05, 4.69) is 38.4 Å². The first-order chi connectivity index (χ1) is 17.7. The number of benzene rings is 1. The van der Waals surface area contributed by atoms with Gasteiger partial charge in [0.2, 0.25) is 5.82 Å². The zero-order valence-electron chi connectivity index (χ0n) is 20.1. The van der Waals surface area contributed by atoms with Crippen LogP contribution in [0.3, 0.4) is 0 Å². The maximum absolute atomic E-state index is 12.6. The molecule has 4 aromatic rings. The first-order valence-corrected chi connectivity index (χ1v) is 13.8. The molecular formula is C25H28N6O3S2. The zero-order chi connectivity index (χ0) is 24.7. The van der Waals surface area contributed by atoms with E-state index in [1.807, 2.05) is 40.3 Å². The number of furan rings is 1. The second kappa shape index (κ2) is 11.8. The summed E-state index contributed by atoms with van der Waals surface area (Å²) in [5, 5.41) is 15.2. The van der Waals surface area contributed by atoms with Gasteiger partial charge in [0.25, 0.3) is 5.91 Å². The molecule has 1 fully saturated rings. The Balaban J connectivity index is 1.21. The van der Waals surface area contributed by atoms with E-state index < -0.39 is 0 Å². The summed E-state index contributed by atoms with van der Waals surface area (Å²) in [4.78, 5) is 19.5. The smallest absolute Gasteiger partial charge is 0.270 e. The van der Waals surface area contributed by atoms with Gasteiger partial charge in [-0.25, -0.2) is 4.98 Å². The number of aryl methyl sites for hydroxylation is 1. The molecule has 1 saturated heterocycles. The van der Waals surface area contributed by atoms with Crippen LogP contribution in [0.4, 0.5) is 0 Å². The van der Waals surface area contributed by atoms with E-state index in [1.54, 1.807) is 6.26 Å². The van der Waals surface area contributed by atoms with Crippen LogP contribution in [0.2, 0.25) is 0 Å². The topological polar surface area (TPSA) is 98.3 Å². The lowest BCUT2D eigenvalue weighted by Crippen LogP contribution is -2.38. The van der Waals surface area contributed by atoms with Gasteiger partial charge in [-0.1, -0.05) is 30.0 Å². The number of thiazole rings is 1.